The molecule has 98 valence electrons. The molecule has 0 amide bonds. The number of nitrogens with zero attached hydrogens (tertiary/aromatic N) is 2. The Labute approximate surface area is 117 Å². The predicted molar refractivity (Wildman–Crippen MR) is 79.7 cm³/mol. The van der Waals surface area contributed by atoms with Crippen molar-refractivity contribution in [2.75, 3.05) is 0 Å². The molecule has 0 unspecified atom stereocenters. The van der Waals surface area contributed by atoms with E-state index in [9.17, 15) is 0 Å². The van der Waals surface area contributed by atoms with Crippen molar-refractivity contribution in [1.29, 1.82) is 0 Å². The quantitative estimate of drug-likeness (QED) is 0.827. The van der Waals surface area contributed by atoms with Crippen LogP contribution in [0.2, 0.25) is 0 Å². The molecule has 2 heterocycles. The normalized spacial score (nSPS) is 11.1. The number of hydrogen-bond acceptors (Lipinski definition) is 3. The molecule has 1 N–H and O–H groups in total. The number of unbranched alkanes of at least 4 members (excludes halogenated alkanes) is 1. The van der Waals surface area contributed by atoms with Gasteiger partial charge in [0.25, 0.3) is 0 Å². The summed E-state index contributed by atoms with van der Waals surface area (Å²) in [6, 6.07) is 0. The molecular weight excluding hydrogens is 262 g/mol. The summed E-state index contributed by atoms with van der Waals surface area (Å²) in [4.78, 5) is 1.38. The van der Waals surface area contributed by atoms with Crippen molar-refractivity contribution in [3.63, 3.8) is 0 Å². The summed E-state index contributed by atoms with van der Waals surface area (Å²) in [5, 5.41) is 9.53. The SMILES string of the molecule is CCCCn1c(-c2csc(C)c2CC)n[nH]c1=S. The van der Waals surface area contributed by atoms with E-state index in [-0.39, 0.29) is 0 Å². The molecule has 0 saturated carbocycles. The van der Waals surface area contributed by atoms with E-state index in [0.717, 1.165) is 36.4 Å². The van der Waals surface area contributed by atoms with Crippen LogP contribution in [0.15, 0.2) is 5.38 Å². The topological polar surface area (TPSA) is 33.6 Å². The monoisotopic (exact) mass is 281 g/mol. The summed E-state index contributed by atoms with van der Waals surface area (Å²) in [6.45, 7) is 7.50. The van der Waals surface area contributed by atoms with Crippen LogP contribution in [-0.2, 0) is 13.0 Å². The fourth-order valence-corrected chi connectivity index (χ4v) is 3.32. The zero-order valence-corrected chi connectivity index (χ0v) is 12.7. The standard InChI is InChI=1S/C13H19N3S2/c1-4-6-7-16-12(14-15-13(16)17)11-8-18-9(3)10(11)5-2/h8H,4-7H2,1-3H3,(H,15,17). The van der Waals surface area contributed by atoms with Gasteiger partial charge in [-0.15, -0.1) is 11.3 Å². The summed E-state index contributed by atoms with van der Waals surface area (Å²) < 4.78 is 2.85. The smallest absolute Gasteiger partial charge is 0.195 e. The van der Waals surface area contributed by atoms with Crippen LogP contribution in [0.4, 0.5) is 0 Å². The van der Waals surface area contributed by atoms with Crippen LogP contribution >= 0.6 is 23.6 Å². The lowest BCUT2D eigenvalue weighted by Crippen LogP contribution is -2.01. The molecule has 0 aliphatic rings. The number of aromatic amines is 1. The average Bonchev–Trinajstić information content (AvgIpc) is 2.90. The number of thiophene rings is 1. The van der Waals surface area contributed by atoms with Gasteiger partial charge in [0, 0.05) is 22.4 Å². The Bertz CT molecular complexity index is 577. The van der Waals surface area contributed by atoms with Crippen molar-refractivity contribution in [3.8, 4) is 11.4 Å². The first-order valence-electron chi connectivity index (χ1n) is 6.41. The molecule has 0 aliphatic heterocycles. The molecule has 0 saturated heterocycles. The van der Waals surface area contributed by atoms with Crippen LogP contribution in [0.1, 0.15) is 37.1 Å². The lowest BCUT2D eigenvalue weighted by molar-refractivity contribution is 0.629. The average molecular weight is 281 g/mol. The van der Waals surface area contributed by atoms with Crippen molar-refractivity contribution >= 4 is 23.6 Å². The van der Waals surface area contributed by atoms with Gasteiger partial charge in [-0.05, 0) is 37.5 Å². The molecule has 0 aliphatic carbocycles. The minimum atomic E-state index is 0.726. The van der Waals surface area contributed by atoms with Gasteiger partial charge in [-0.1, -0.05) is 20.3 Å². The third-order valence-electron chi connectivity index (χ3n) is 3.19. The molecule has 0 radical (unpaired) electrons. The van der Waals surface area contributed by atoms with E-state index in [1.807, 2.05) is 0 Å². The maximum atomic E-state index is 5.32. The van der Waals surface area contributed by atoms with Gasteiger partial charge < -0.3 is 4.57 Å². The Morgan fingerprint density at radius 1 is 1.44 bits per heavy atom. The maximum Gasteiger partial charge on any atom is 0.195 e. The van der Waals surface area contributed by atoms with Gasteiger partial charge >= 0.3 is 0 Å². The molecule has 5 heteroatoms. The Kier molecular flexibility index (Phi) is 4.35. The largest absolute Gasteiger partial charge is 0.300 e. The molecule has 2 aromatic heterocycles. The van der Waals surface area contributed by atoms with Crippen LogP contribution in [0.25, 0.3) is 11.4 Å². The van der Waals surface area contributed by atoms with E-state index in [4.69, 9.17) is 12.2 Å². The Balaban J connectivity index is 2.47. The van der Waals surface area contributed by atoms with Gasteiger partial charge in [-0.3, -0.25) is 5.10 Å². The molecule has 18 heavy (non-hydrogen) atoms. The van der Waals surface area contributed by atoms with Gasteiger partial charge in [-0.2, -0.15) is 5.10 Å². The number of rotatable bonds is 5. The number of aromatic nitrogens is 3. The zero-order valence-electron chi connectivity index (χ0n) is 11.1. The second kappa shape index (κ2) is 5.80. The van der Waals surface area contributed by atoms with E-state index in [2.05, 4.69) is 40.9 Å². The Hall–Kier alpha value is -0.940. The molecule has 0 bridgehead atoms. The van der Waals surface area contributed by atoms with Crippen molar-refractivity contribution in [1.82, 2.24) is 14.8 Å². The maximum absolute atomic E-state index is 5.32. The summed E-state index contributed by atoms with van der Waals surface area (Å²) in [5.41, 5.74) is 2.63. The van der Waals surface area contributed by atoms with Gasteiger partial charge in [0.15, 0.2) is 10.6 Å². The second-order valence-electron chi connectivity index (χ2n) is 4.40. The summed E-state index contributed by atoms with van der Waals surface area (Å²) in [7, 11) is 0. The highest BCUT2D eigenvalue weighted by atomic mass is 32.1. The summed E-state index contributed by atoms with van der Waals surface area (Å²) in [6.07, 6.45) is 3.33. The van der Waals surface area contributed by atoms with Crippen LogP contribution in [0, 0.1) is 11.7 Å². The highest BCUT2D eigenvalue weighted by Crippen LogP contribution is 2.30. The van der Waals surface area contributed by atoms with Crippen molar-refractivity contribution in [2.24, 2.45) is 0 Å². The van der Waals surface area contributed by atoms with Gasteiger partial charge in [0.05, 0.1) is 0 Å². The van der Waals surface area contributed by atoms with Crippen LogP contribution < -0.4 is 0 Å². The second-order valence-corrected chi connectivity index (χ2v) is 5.87. The third kappa shape index (κ3) is 2.42. The first-order chi connectivity index (χ1) is 8.69. The molecule has 0 spiro atoms. The van der Waals surface area contributed by atoms with E-state index in [1.165, 1.54) is 16.0 Å². The van der Waals surface area contributed by atoms with E-state index >= 15 is 0 Å². The van der Waals surface area contributed by atoms with E-state index in [1.54, 1.807) is 11.3 Å². The molecule has 0 fully saturated rings. The highest BCUT2D eigenvalue weighted by molar-refractivity contribution is 7.71. The van der Waals surface area contributed by atoms with Crippen molar-refractivity contribution < 1.29 is 0 Å². The molecular formula is C13H19N3S2. The fourth-order valence-electron chi connectivity index (χ4n) is 2.15. The molecule has 0 atom stereocenters. The van der Waals surface area contributed by atoms with Crippen LogP contribution in [0.3, 0.4) is 0 Å². The lowest BCUT2D eigenvalue weighted by Gasteiger charge is -2.06. The summed E-state index contributed by atoms with van der Waals surface area (Å²) >= 11 is 7.11. The van der Waals surface area contributed by atoms with Gasteiger partial charge in [0.1, 0.15) is 0 Å². The van der Waals surface area contributed by atoms with Gasteiger partial charge in [-0.25, -0.2) is 0 Å². The Morgan fingerprint density at radius 2 is 2.22 bits per heavy atom. The van der Waals surface area contributed by atoms with Crippen LogP contribution in [-0.4, -0.2) is 14.8 Å². The molecule has 2 aromatic rings. The number of nitrogens with one attached hydrogen (secondary N) is 1. The van der Waals surface area contributed by atoms with E-state index < -0.39 is 0 Å². The third-order valence-corrected chi connectivity index (χ3v) is 4.46. The van der Waals surface area contributed by atoms with E-state index in [0.29, 0.717) is 0 Å². The molecule has 0 aromatic carbocycles. The van der Waals surface area contributed by atoms with Crippen molar-refractivity contribution in [3.05, 3.63) is 20.6 Å². The minimum absolute atomic E-state index is 0.726. The minimum Gasteiger partial charge on any atom is -0.300 e. The lowest BCUT2D eigenvalue weighted by atomic mass is 10.1. The van der Waals surface area contributed by atoms with Gasteiger partial charge in [0.2, 0.25) is 0 Å². The van der Waals surface area contributed by atoms with Crippen LogP contribution in [0.5, 0.6) is 0 Å². The highest BCUT2D eigenvalue weighted by Gasteiger charge is 2.15. The summed E-state index contributed by atoms with van der Waals surface area (Å²) in [5.74, 6) is 0.995. The first kappa shape index (κ1) is 13.5. The molecule has 2 rings (SSSR count). The predicted octanol–water partition coefficient (Wildman–Crippen LogP) is 4.34. The fraction of sp³-hybridized carbons (Fsp3) is 0.538. The first-order valence-corrected chi connectivity index (χ1v) is 7.70. The zero-order chi connectivity index (χ0) is 13.1. The number of aryl methyl sites for hydroxylation is 1. The number of hydrogen-bond donors (Lipinski definition) is 1. The van der Waals surface area contributed by atoms with Crippen molar-refractivity contribution in [2.45, 2.75) is 46.6 Å². The molecule has 3 nitrogen and oxygen atoms in total. The Morgan fingerprint density at radius 3 is 2.89 bits per heavy atom. The number of H-pyrrole nitrogens is 1.